The topological polar surface area (TPSA) is 3.88 Å². The molecule has 1 heterocycles. The number of benzene rings is 2. The summed E-state index contributed by atoms with van der Waals surface area (Å²) in [6.07, 6.45) is 4.85. The van der Waals surface area contributed by atoms with Crippen molar-refractivity contribution < 1.29 is 4.57 Å². The highest BCUT2D eigenvalue weighted by Crippen LogP contribution is 2.62. The minimum atomic E-state index is 0.470. The molecule has 2 aromatic carbocycles. The number of hydrogen-bond donors (Lipinski definition) is 0. The molecule has 2 bridgehead atoms. The van der Waals surface area contributed by atoms with Gasteiger partial charge in [-0.2, -0.15) is 0 Å². The molecule has 26 heavy (non-hydrogen) atoms. The van der Waals surface area contributed by atoms with Gasteiger partial charge in [-0.1, -0.05) is 37.6 Å². The van der Waals surface area contributed by atoms with Crippen molar-refractivity contribution in [3.63, 3.8) is 0 Å². The van der Waals surface area contributed by atoms with E-state index in [0.29, 0.717) is 5.41 Å². The lowest BCUT2D eigenvalue weighted by atomic mass is 9.47. The maximum absolute atomic E-state index is 2.53. The number of aryl methyl sites for hydroxylation is 3. The minimum Gasteiger partial charge on any atom is -0.200 e. The highest BCUT2D eigenvalue weighted by molar-refractivity contribution is 5.94. The van der Waals surface area contributed by atoms with Crippen LogP contribution in [0, 0.1) is 25.2 Å². The SMILES string of the molecule is Cc1ccc2c(-c3cc4c(cc3C)CC3CC4C3(C)C)[n+](C)ccc2c1. The lowest BCUT2D eigenvalue weighted by Crippen LogP contribution is -2.48. The molecule has 0 saturated heterocycles. The van der Waals surface area contributed by atoms with Crippen LogP contribution in [0.2, 0.25) is 0 Å². The first-order chi connectivity index (χ1) is 12.4. The van der Waals surface area contributed by atoms with E-state index in [4.69, 9.17) is 0 Å². The number of nitrogens with zero attached hydrogens (tertiary/aromatic N) is 1. The summed E-state index contributed by atoms with van der Waals surface area (Å²) in [5, 5.41) is 2.68. The average molecular weight is 343 g/mol. The predicted molar refractivity (Wildman–Crippen MR) is 108 cm³/mol. The van der Waals surface area contributed by atoms with Gasteiger partial charge in [-0.15, -0.1) is 0 Å². The molecule has 2 unspecified atom stereocenters. The maximum atomic E-state index is 2.53. The molecule has 1 aromatic heterocycles. The zero-order valence-electron chi connectivity index (χ0n) is 16.6. The predicted octanol–water partition coefficient (Wildman–Crippen LogP) is 5.63. The highest BCUT2D eigenvalue weighted by atomic mass is 14.9. The van der Waals surface area contributed by atoms with Gasteiger partial charge in [0.05, 0.1) is 10.9 Å². The lowest BCUT2D eigenvalue weighted by molar-refractivity contribution is -0.659. The number of pyridine rings is 1. The Morgan fingerprint density at radius 1 is 1.04 bits per heavy atom. The summed E-state index contributed by atoms with van der Waals surface area (Å²) in [4.78, 5) is 0. The quantitative estimate of drug-likeness (QED) is 0.504. The Kier molecular flexibility index (Phi) is 3.20. The van der Waals surface area contributed by atoms with Crippen LogP contribution >= 0.6 is 0 Å². The second-order valence-corrected chi connectivity index (χ2v) is 9.24. The van der Waals surface area contributed by atoms with Crippen molar-refractivity contribution >= 4 is 10.8 Å². The molecule has 0 spiro atoms. The van der Waals surface area contributed by atoms with Gasteiger partial charge in [0.25, 0.3) is 0 Å². The summed E-state index contributed by atoms with van der Waals surface area (Å²) < 4.78 is 2.30. The maximum Gasteiger partial charge on any atom is 0.220 e. The van der Waals surface area contributed by atoms with Gasteiger partial charge in [-0.25, -0.2) is 4.57 Å². The molecule has 3 aliphatic rings. The van der Waals surface area contributed by atoms with Gasteiger partial charge in [-0.3, -0.25) is 0 Å². The van der Waals surface area contributed by atoms with Crippen LogP contribution in [0.4, 0.5) is 0 Å². The fraction of sp³-hybridized carbons (Fsp3) is 0.400. The molecule has 1 fully saturated rings. The third-order valence-corrected chi connectivity index (χ3v) is 7.35. The third-order valence-electron chi connectivity index (χ3n) is 7.35. The van der Waals surface area contributed by atoms with E-state index in [9.17, 15) is 0 Å². The zero-order valence-corrected chi connectivity index (χ0v) is 16.6. The Morgan fingerprint density at radius 2 is 1.85 bits per heavy atom. The molecule has 6 rings (SSSR count). The van der Waals surface area contributed by atoms with E-state index in [1.807, 2.05) is 0 Å². The zero-order chi connectivity index (χ0) is 18.2. The molecule has 132 valence electrons. The van der Waals surface area contributed by atoms with Crippen molar-refractivity contribution in [1.29, 1.82) is 0 Å². The van der Waals surface area contributed by atoms with Crippen molar-refractivity contribution in [3.8, 4) is 11.3 Å². The second-order valence-electron chi connectivity index (χ2n) is 9.24. The highest BCUT2D eigenvalue weighted by Gasteiger charge is 2.52. The molecule has 1 heteroatoms. The standard InChI is InChI=1S/C25H28N/c1-15-6-7-20-17(10-15)8-9-26(5)24(20)21-14-22-18(11-16(21)2)12-19-13-23(22)25(19,3)4/h6-11,14,19,23H,12-13H2,1-5H3/q+1. The largest absolute Gasteiger partial charge is 0.220 e. The number of rotatable bonds is 1. The summed E-state index contributed by atoms with van der Waals surface area (Å²) in [5.74, 6) is 1.61. The van der Waals surface area contributed by atoms with Gasteiger partial charge in [0, 0.05) is 6.07 Å². The van der Waals surface area contributed by atoms with Gasteiger partial charge >= 0.3 is 0 Å². The fourth-order valence-electron chi connectivity index (χ4n) is 5.52. The van der Waals surface area contributed by atoms with Gasteiger partial charge in [0.2, 0.25) is 5.69 Å². The number of hydrogen-bond acceptors (Lipinski definition) is 0. The van der Waals surface area contributed by atoms with Crippen molar-refractivity contribution in [3.05, 3.63) is 64.8 Å². The summed E-state index contributed by atoms with van der Waals surface area (Å²) in [6, 6.07) is 14.1. The molecule has 0 aliphatic heterocycles. The average Bonchev–Trinajstić information content (AvgIpc) is 2.60. The van der Waals surface area contributed by atoms with Crippen molar-refractivity contribution in [2.75, 3.05) is 0 Å². The van der Waals surface area contributed by atoms with Crippen LogP contribution in [0.1, 0.15) is 48.4 Å². The van der Waals surface area contributed by atoms with Crippen LogP contribution in [-0.4, -0.2) is 0 Å². The normalized spacial score (nSPS) is 22.8. The van der Waals surface area contributed by atoms with Crippen LogP contribution in [0.3, 0.4) is 0 Å². The van der Waals surface area contributed by atoms with Crippen LogP contribution in [0.25, 0.3) is 22.0 Å². The molecule has 3 aromatic rings. The summed E-state index contributed by atoms with van der Waals surface area (Å²) in [6.45, 7) is 9.39. The second kappa shape index (κ2) is 5.19. The molecule has 0 amide bonds. The molecule has 3 aliphatic carbocycles. The van der Waals surface area contributed by atoms with E-state index in [0.717, 1.165) is 11.8 Å². The van der Waals surface area contributed by atoms with E-state index < -0.39 is 0 Å². The van der Waals surface area contributed by atoms with Crippen molar-refractivity contribution in [2.45, 2.75) is 46.5 Å². The van der Waals surface area contributed by atoms with E-state index in [1.165, 1.54) is 46.0 Å². The summed E-state index contributed by atoms with van der Waals surface area (Å²) in [5.41, 5.74) is 9.17. The lowest BCUT2D eigenvalue weighted by Gasteiger charge is -2.57. The van der Waals surface area contributed by atoms with Crippen LogP contribution < -0.4 is 4.57 Å². The number of aromatic nitrogens is 1. The Morgan fingerprint density at radius 3 is 2.62 bits per heavy atom. The molecule has 0 N–H and O–H groups in total. The van der Waals surface area contributed by atoms with Crippen LogP contribution in [-0.2, 0) is 13.5 Å². The molecule has 2 atom stereocenters. The van der Waals surface area contributed by atoms with E-state index >= 15 is 0 Å². The van der Waals surface area contributed by atoms with Gasteiger partial charge in [0.1, 0.15) is 7.05 Å². The minimum absolute atomic E-state index is 0.470. The van der Waals surface area contributed by atoms with E-state index in [2.05, 4.69) is 81.9 Å². The first-order valence-corrected chi connectivity index (χ1v) is 9.89. The third kappa shape index (κ3) is 2.06. The van der Waals surface area contributed by atoms with Gasteiger partial charge < -0.3 is 0 Å². The molecule has 0 radical (unpaired) electrons. The monoisotopic (exact) mass is 342 g/mol. The molecular weight excluding hydrogens is 314 g/mol. The van der Waals surface area contributed by atoms with Crippen LogP contribution in [0.5, 0.6) is 0 Å². The van der Waals surface area contributed by atoms with Crippen molar-refractivity contribution in [2.24, 2.45) is 18.4 Å². The van der Waals surface area contributed by atoms with Crippen molar-refractivity contribution in [1.82, 2.24) is 0 Å². The van der Waals surface area contributed by atoms with Gasteiger partial charge in [0.15, 0.2) is 6.20 Å². The Hall–Kier alpha value is -2.15. The summed E-state index contributed by atoms with van der Waals surface area (Å²) >= 11 is 0. The Bertz CT molecular complexity index is 1060. The van der Waals surface area contributed by atoms with Gasteiger partial charge in [-0.05, 0) is 78.1 Å². The smallest absolute Gasteiger partial charge is 0.200 e. The molecular formula is C25H28N+. The van der Waals surface area contributed by atoms with Crippen LogP contribution in [0.15, 0.2) is 42.6 Å². The Labute approximate surface area is 156 Å². The number of fused-ring (bicyclic) bond motifs is 1. The fourth-order valence-corrected chi connectivity index (χ4v) is 5.52. The van der Waals surface area contributed by atoms with E-state index in [1.54, 1.807) is 11.1 Å². The molecule has 1 saturated carbocycles. The summed E-state index contributed by atoms with van der Waals surface area (Å²) in [7, 11) is 2.18. The first-order valence-electron chi connectivity index (χ1n) is 9.89. The Balaban J connectivity index is 1.77. The van der Waals surface area contributed by atoms with E-state index in [-0.39, 0.29) is 0 Å². The first kappa shape index (κ1) is 16.1. The molecule has 1 nitrogen and oxygen atoms in total.